The third-order valence-electron chi connectivity index (χ3n) is 5.03. The van der Waals surface area contributed by atoms with E-state index in [0.29, 0.717) is 11.5 Å². The predicted molar refractivity (Wildman–Crippen MR) is 85.9 cm³/mol. The summed E-state index contributed by atoms with van der Waals surface area (Å²) in [6.07, 6.45) is 0. The Kier molecular flexibility index (Phi) is 4.43. The van der Waals surface area contributed by atoms with Gasteiger partial charge in [-0.05, 0) is 5.92 Å². The fraction of sp³-hybridized carbons (Fsp3) is 0.625. The Labute approximate surface area is 141 Å². The van der Waals surface area contributed by atoms with Crippen LogP contribution in [0, 0.1) is 30.9 Å². The number of hydrogen-bond acceptors (Lipinski definition) is 4. The van der Waals surface area contributed by atoms with Crippen molar-refractivity contribution in [2.75, 3.05) is 14.1 Å². The number of aromatic nitrogens is 2. The molecular formula is C16H24N4O4. The second kappa shape index (κ2) is 5.92. The molecule has 8 heteroatoms. The molecule has 1 aliphatic heterocycles. The second-order valence-electron chi connectivity index (χ2n) is 6.71. The summed E-state index contributed by atoms with van der Waals surface area (Å²) in [5.74, 6) is -2.65. The number of imidazole rings is 1. The first-order chi connectivity index (χ1) is 11.0. The van der Waals surface area contributed by atoms with Gasteiger partial charge in [-0.3, -0.25) is 19.4 Å². The van der Waals surface area contributed by atoms with Crippen molar-refractivity contribution < 1.29 is 19.1 Å². The van der Waals surface area contributed by atoms with Gasteiger partial charge in [0, 0.05) is 27.9 Å². The molecule has 0 radical (unpaired) electrons. The summed E-state index contributed by atoms with van der Waals surface area (Å²) in [4.78, 5) is 39.2. The van der Waals surface area contributed by atoms with Gasteiger partial charge in [-0.25, -0.2) is 14.1 Å². The van der Waals surface area contributed by atoms with Crippen molar-refractivity contribution in [2.24, 2.45) is 18.9 Å². The number of urea groups is 1. The molecule has 1 fully saturated rings. The first-order valence-corrected chi connectivity index (χ1v) is 7.86. The van der Waals surface area contributed by atoms with Crippen LogP contribution in [0.25, 0.3) is 0 Å². The van der Waals surface area contributed by atoms with Gasteiger partial charge < -0.3 is 5.21 Å². The number of hydrogen-bond donors (Lipinski definition) is 0. The van der Waals surface area contributed by atoms with Gasteiger partial charge in [0.25, 0.3) is 5.82 Å². The molecule has 0 unspecified atom stereocenters. The number of imide groups is 2. The van der Waals surface area contributed by atoms with Crippen molar-refractivity contribution in [1.29, 1.82) is 0 Å². The van der Waals surface area contributed by atoms with Crippen molar-refractivity contribution >= 4 is 17.8 Å². The van der Waals surface area contributed by atoms with Crippen LogP contribution in [0.1, 0.15) is 37.0 Å². The molecule has 132 valence electrons. The highest BCUT2D eigenvalue weighted by Crippen LogP contribution is 2.35. The maximum absolute atomic E-state index is 12.7. The van der Waals surface area contributed by atoms with E-state index in [1.165, 1.54) is 14.1 Å². The van der Waals surface area contributed by atoms with Gasteiger partial charge in [0.2, 0.25) is 11.8 Å². The van der Waals surface area contributed by atoms with Crippen molar-refractivity contribution in [3.63, 3.8) is 0 Å². The number of rotatable bonds is 3. The minimum absolute atomic E-state index is 0.148. The smallest absolute Gasteiger partial charge is 0.332 e. The molecule has 8 nitrogen and oxygen atoms in total. The molecule has 1 aromatic heterocycles. The Balaban J connectivity index is 2.64. The quantitative estimate of drug-likeness (QED) is 0.461. The van der Waals surface area contributed by atoms with E-state index >= 15 is 0 Å². The minimum Gasteiger partial charge on any atom is -0.711 e. The van der Waals surface area contributed by atoms with E-state index in [1.54, 1.807) is 18.5 Å². The molecule has 0 bridgehead atoms. The molecule has 0 saturated carbocycles. The third-order valence-corrected chi connectivity index (χ3v) is 5.03. The molecule has 0 aliphatic carbocycles. The van der Waals surface area contributed by atoms with Gasteiger partial charge in [-0.2, -0.15) is 0 Å². The Bertz CT molecular complexity index is 673. The van der Waals surface area contributed by atoms with Crippen LogP contribution in [-0.4, -0.2) is 46.3 Å². The van der Waals surface area contributed by atoms with E-state index in [-0.39, 0.29) is 5.92 Å². The van der Waals surface area contributed by atoms with Crippen molar-refractivity contribution in [3.05, 3.63) is 22.4 Å². The zero-order valence-corrected chi connectivity index (χ0v) is 15.2. The molecule has 1 atom stereocenters. The molecule has 1 aromatic rings. The molecule has 0 aromatic carbocycles. The van der Waals surface area contributed by atoms with Crippen LogP contribution >= 0.6 is 0 Å². The largest absolute Gasteiger partial charge is 0.711 e. The van der Waals surface area contributed by atoms with Crippen LogP contribution < -0.4 is 4.73 Å². The topological polar surface area (TPSA) is 89.6 Å². The number of carbonyl (C=O) groups is 3. The Morgan fingerprint density at radius 1 is 1.00 bits per heavy atom. The second-order valence-corrected chi connectivity index (χ2v) is 6.71. The standard InChI is InChI=1S/C16H24N4O4/c1-8(2)11(13-17(5)9(3)10(4)20(13)24)12-14(21)18(6)16(23)19(7)15(12)22/h8,11-12H,1-7H3/t11-/m1/s1. The van der Waals surface area contributed by atoms with E-state index in [1.807, 2.05) is 20.8 Å². The lowest BCUT2D eigenvalue weighted by atomic mass is 9.80. The zero-order chi connectivity index (χ0) is 18.5. The maximum Gasteiger partial charge on any atom is 0.332 e. The maximum atomic E-state index is 12.7. The van der Waals surface area contributed by atoms with Gasteiger partial charge in [-0.15, -0.1) is 0 Å². The highest BCUT2D eigenvalue weighted by Gasteiger charge is 2.51. The summed E-state index contributed by atoms with van der Waals surface area (Å²) >= 11 is 0. The normalized spacial score (nSPS) is 18.1. The van der Waals surface area contributed by atoms with Crippen LogP contribution in [0.3, 0.4) is 0 Å². The molecule has 24 heavy (non-hydrogen) atoms. The molecular weight excluding hydrogens is 312 g/mol. The summed E-state index contributed by atoms with van der Waals surface area (Å²) in [6.45, 7) is 7.24. The Morgan fingerprint density at radius 2 is 1.46 bits per heavy atom. The molecule has 1 saturated heterocycles. The van der Waals surface area contributed by atoms with Crippen LogP contribution in [0.5, 0.6) is 0 Å². The predicted octanol–water partition coefficient (Wildman–Crippen LogP) is 0.682. The monoisotopic (exact) mass is 336 g/mol. The van der Waals surface area contributed by atoms with Crippen molar-refractivity contribution in [3.8, 4) is 0 Å². The zero-order valence-electron chi connectivity index (χ0n) is 15.2. The van der Waals surface area contributed by atoms with Gasteiger partial charge in [-0.1, -0.05) is 13.8 Å². The SMILES string of the molecule is Cc1c(C)[n+]([O-])c([C@H](C(C)C)C2C(=O)N(C)C(=O)N(C)C2=O)n1C. The average Bonchev–Trinajstić information content (AvgIpc) is 2.71. The fourth-order valence-corrected chi connectivity index (χ4v) is 3.30. The van der Waals surface area contributed by atoms with E-state index in [9.17, 15) is 19.6 Å². The summed E-state index contributed by atoms with van der Waals surface area (Å²) in [5.41, 5.74) is 1.31. The fourth-order valence-electron chi connectivity index (χ4n) is 3.30. The first-order valence-electron chi connectivity index (χ1n) is 7.86. The average molecular weight is 336 g/mol. The number of carbonyl (C=O) groups excluding carboxylic acids is 3. The van der Waals surface area contributed by atoms with Crippen molar-refractivity contribution in [2.45, 2.75) is 33.6 Å². The molecule has 1 aliphatic rings. The van der Waals surface area contributed by atoms with E-state index in [0.717, 1.165) is 20.2 Å². The Morgan fingerprint density at radius 3 is 1.79 bits per heavy atom. The van der Waals surface area contributed by atoms with Gasteiger partial charge in [0.15, 0.2) is 0 Å². The van der Waals surface area contributed by atoms with E-state index < -0.39 is 29.7 Å². The van der Waals surface area contributed by atoms with E-state index in [4.69, 9.17) is 0 Å². The summed E-state index contributed by atoms with van der Waals surface area (Å²) in [6, 6.07) is -0.655. The summed E-state index contributed by atoms with van der Waals surface area (Å²) < 4.78 is 2.51. The van der Waals surface area contributed by atoms with Crippen molar-refractivity contribution in [1.82, 2.24) is 14.4 Å². The summed E-state index contributed by atoms with van der Waals surface area (Å²) in [7, 11) is 4.45. The Hall–Kier alpha value is -2.38. The summed E-state index contributed by atoms with van der Waals surface area (Å²) in [5, 5.41) is 12.6. The van der Waals surface area contributed by atoms with Gasteiger partial charge >= 0.3 is 6.03 Å². The highest BCUT2D eigenvalue weighted by atomic mass is 16.5. The third kappa shape index (κ3) is 2.37. The van der Waals surface area contributed by atoms with Crippen LogP contribution in [0.2, 0.25) is 0 Å². The molecule has 2 heterocycles. The molecule has 4 amide bonds. The van der Waals surface area contributed by atoms with Gasteiger partial charge in [0.1, 0.15) is 17.3 Å². The lowest BCUT2D eigenvalue weighted by Gasteiger charge is -2.36. The van der Waals surface area contributed by atoms with Crippen LogP contribution in [-0.2, 0) is 16.6 Å². The first kappa shape index (κ1) is 18.0. The van der Waals surface area contributed by atoms with E-state index in [2.05, 4.69) is 0 Å². The van der Waals surface area contributed by atoms with Gasteiger partial charge in [0.05, 0.1) is 13.0 Å². The number of amides is 4. The lowest BCUT2D eigenvalue weighted by molar-refractivity contribution is -0.622. The van der Waals surface area contributed by atoms with Crippen LogP contribution in [0.15, 0.2) is 0 Å². The number of nitrogens with zero attached hydrogens (tertiary/aromatic N) is 4. The lowest BCUT2D eigenvalue weighted by Crippen LogP contribution is -2.59. The molecule has 2 rings (SSSR count). The number of barbiturate groups is 1. The molecule has 0 N–H and O–H groups in total. The molecule has 0 spiro atoms. The minimum atomic E-state index is -1.09. The highest BCUT2D eigenvalue weighted by molar-refractivity contribution is 6.16. The van der Waals surface area contributed by atoms with Crippen LogP contribution in [0.4, 0.5) is 4.79 Å².